The van der Waals surface area contributed by atoms with Gasteiger partial charge in [0.15, 0.2) is 0 Å². The van der Waals surface area contributed by atoms with Crippen LogP contribution >= 0.6 is 15.9 Å². The van der Waals surface area contributed by atoms with Crippen molar-refractivity contribution in [3.05, 3.63) is 58.3 Å². The smallest absolute Gasteiger partial charge is 0.335 e. The SMILES string of the molecule is CN(CCc1ccccn1)c1cc(Br)cc(C(=O)O)c1. The number of carbonyl (C=O) groups is 1. The molecule has 0 radical (unpaired) electrons. The summed E-state index contributed by atoms with van der Waals surface area (Å²) in [6.07, 6.45) is 2.59. The number of carboxylic acid groups (broad SMARTS) is 1. The molecule has 0 bridgehead atoms. The van der Waals surface area contributed by atoms with Gasteiger partial charge in [-0.25, -0.2) is 4.79 Å². The molecule has 0 aliphatic carbocycles. The van der Waals surface area contributed by atoms with E-state index in [0.29, 0.717) is 0 Å². The average molecular weight is 335 g/mol. The number of hydrogen-bond donors (Lipinski definition) is 1. The van der Waals surface area contributed by atoms with E-state index in [9.17, 15) is 4.79 Å². The van der Waals surface area contributed by atoms with E-state index in [-0.39, 0.29) is 5.56 Å². The van der Waals surface area contributed by atoms with Gasteiger partial charge in [-0.1, -0.05) is 22.0 Å². The van der Waals surface area contributed by atoms with Crippen molar-refractivity contribution >= 4 is 27.6 Å². The molecular weight excluding hydrogens is 320 g/mol. The summed E-state index contributed by atoms with van der Waals surface area (Å²) in [5.41, 5.74) is 2.17. The van der Waals surface area contributed by atoms with Gasteiger partial charge in [-0.2, -0.15) is 0 Å². The molecule has 1 aromatic heterocycles. The van der Waals surface area contributed by atoms with E-state index in [2.05, 4.69) is 20.9 Å². The molecular formula is C15H15BrN2O2. The van der Waals surface area contributed by atoms with Crippen molar-refractivity contribution in [2.75, 3.05) is 18.5 Å². The topological polar surface area (TPSA) is 53.4 Å². The van der Waals surface area contributed by atoms with Gasteiger partial charge in [0.2, 0.25) is 0 Å². The normalized spacial score (nSPS) is 10.3. The lowest BCUT2D eigenvalue weighted by Crippen LogP contribution is -2.21. The minimum Gasteiger partial charge on any atom is -0.478 e. The molecule has 0 saturated heterocycles. The Labute approximate surface area is 126 Å². The zero-order chi connectivity index (χ0) is 14.5. The van der Waals surface area contributed by atoms with Crippen LogP contribution in [-0.2, 0) is 6.42 Å². The third-order valence-corrected chi connectivity index (χ3v) is 3.46. The molecule has 1 heterocycles. The Kier molecular flexibility index (Phi) is 4.74. The van der Waals surface area contributed by atoms with Gasteiger partial charge in [0.1, 0.15) is 0 Å². The number of pyridine rings is 1. The number of anilines is 1. The predicted octanol–water partition coefficient (Wildman–Crippen LogP) is 3.22. The summed E-state index contributed by atoms with van der Waals surface area (Å²) in [5, 5.41) is 9.07. The highest BCUT2D eigenvalue weighted by Crippen LogP contribution is 2.22. The zero-order valence-electron chi connectivity index (χ0n) is 11.1. The standard InChI is InChI=1S/C15H15BrN2O2/c1-18(7-5-13-4-2-3-6-17-13)14-9-11(15(19)20)8-12(16)10-14/h2-4,6,8-10H,5,7H2,1H3,(H,19,20). The van der Waals surface area contributed by atoms with E-state index in [1.165, 1.54) is 0 Å². The molecule has 1 N–H and O–H groups in total. The number of rotatable bonds is 5. The van der Waals surface area contributed by atoms with Crippen molar-refractivity contribution in [2.45, 2.75) is 6.42 Å². The van der Waals surface area contributed by atoms with Crippen LogP contribution in [-0.4, -0.2) is 29.7 Å². The Hall–Kier alpha value is -1.88. The Bertz CT molecular complexity index is 602. The number of carboxylic acids is 1. The second kappa shape index (κ2) is 6.52. The number of likely N-dealkylation sites (N-methyl/N-ethyl adjacent to an activating group) is 1. The molecule has 2 rings (SSSR count). The molecule has 0 spiro atoms. The number of hydrogen-bond acceptors (Lipinski definition) is 3. The van der Waals surface area contributed by atoms with Crippen LogP contribution in [0.5, 0.6) is 0 Å². The summed E-state index contributed by atoms with van der Waals surface area (Å²) in [4.78, 5) is 17.4. The van der Waals surface area contributed by atoms with E-state index in [4.69, 9.17) is 5.11 Å². The van der Waals surface area contributed by atoms with Gasteiger partial charge in [0.25, 0.3) is 0 Å². The van der Waals surface area contributed by atoms with E-state index in [1.807, 2.05) is 36.2 Å². The van der Waals surface area contributed by atoms with E-state index in [1.54, 1.807) is 18.3 Å². The van der Waals surface area contributed by atoms with Gasteiger partial charge in [-0.05, 0) is 30.3 Å². The average Bonchev–Trinajstić information content (AvgIpc) is 2.45. The molecule has 0 aliphatic heterocycles. The van der Waals surface area contributed by atoms with Crippen molar-refractivity contribution in [2.24, 2.45) is 0 Å². The van der Waals surface area contributed by atoms with Crippen LogP contribution in [0.25, 0.3) is 0 Å². The van der Waals surface area contributed by atoms with Crippen LogP contribution in [0.4, 0.5) is 5.69 Å². The van der Waals surface area contributed by atoms with E-state index >= 15 is 0 Å². The molecule has 4 nitrogen and oxygen atoms in total. The quantitative estimate of drug-likeness (QED) is 0.912. The van der Waals surface area contributed by atoms with E-state index in [0.717, 1.165) is 28.8 Å². The molecule has 0 fully saturated rings. The molecule has 0 saturated carbocycles. The van der Waals surface area contributed by atoms with Crippen molar-refractivity contribution in [3.8, 4) is 0 Å². The highest BCUT2D eigenvalue weighted by Gasteiger charge is 2.09. The lowest BCUT2D eigenvalue weighted by atomic mass is 10.2. The fourth-order valence-corrected chi connectivity index (χ4v) is 2.36. The molecule has 0 unspecified atom stereocenters. The lowest BCUT2D eigenvalue weighted by Gasteiger charge is -2.20. The highest BCUT2D eigenvalue weighted by atomic mass is 79.9. The van der Waals surface area contributed by atoms with Gasteiger partial charge >= 0.3 is 5.97 Å². The highest BCUT2D eigenvalue weighted by molar-refractivity contribution is 9.10. The van der Waals surface area contributed by atoms with Crippen LogP contribution in [0.1, 0.15) is 16.1 Å². The van der Waals surface area contributed by atoms with Crippen molar-refractivity contribution in [3.63, 3.8) is 0 Å². The first-order valence-electron chi connectivity index (χ1n) is 6.21. The molecule has 1 aromatic carbocycles. The zero-order valence-corrected chi connectivity index (χ0v) is 12.7. The fraction of sp³-hybridized carbons (Fsp3) is 0.200. The number of aromatic nitrogens is 1. The summed E-state index contributed by atoms with van der Waals surface area (Å²) in [6.45, 7) is 0.770. The monoisotopic (exact) mass is 334 g/mol. The molecule has 2 aromatic rings. The Morgan fingerprint density at radius 2 is 2.15 bits per heavy atom. The first kappa shape index (κ1) is 14.5. The third kappa shape index (κ3) is 3.81. The summed E-state index contributed by atoms with van der Waals surface area (Å²) in [7, 11) is 1.94. The Balaban J connectivity index is 2.09. The summed E-state index contributed by atoms with van der Waals surface area (Å²) in [6, 6.07) is 11.0. The minimum atomic E-state index is -0.925. The van der Waals surface area contributed by atoms with Gasteiger partial charge < -0.3 is 10.0 Å². The summed E-state index contributed by atoms with van der Waals surface area (Å²) in [5.74, 6) is -0.925. The van der Waals surface area contributed by atoms with Gasteiger partial charge in [-0.15, -0.1) is 0 Å². The van der Waals surface area contributed by atoms with Crippen molar-refractivity contribution in [1.29, 1.82) is 0 Å². The first-order valence-corrected chi connectivity index (χ1v) is 7.00. The number of nitrogens with zero attached hydrogens (tertiary/aromatic N) is 2. The molecule has 104 valence electrons. The van der Waals surface area contributed by atoms with Gasteiger partial charge in [0, 0.05) is 42.1 Å². The maximum atomic E-state index is 11.1. The second-order valence-corrected chi connectivity index (χ2v) is 5.41. The summed E-state index contributed by atoms with van der Waals surface area (Å²) < 4.78 is 0.761. The molecule has 0 amide bonds. The molecule has 0 aliphatic rings. The second-order valence-electron chi connectivity index (χ2n) is 4.50. The molecule has 0 atom stereocenters. The number of halogens is 1. The third-order valence-electron chi connectivity index (χ3n) is 3.00. The largest absolute Gasteiger partial charge is 0.478 e. The Morgan fingerprint density at radius 1 is 1.35 bits per heavy atom. The molecule has 5 heteroatoms. The van der Waals surface area contributed by atoms with Crippen molar-refractivity contribution < 1.29 is 9.90 Å². The van der Waals surface area contributed by atoms with Gasteiger partial charge in [0.05, 0.1) is 5.56 Å². The predicted molar refractivity (Wildman–Crippen MR) is 82.3 cm³/mol. The van der Waals surface area contributed by atoms with Crippen molar-refractivity contribution in [1.82, 2.24) is 4.98 Å². The number of benzene rings is 1. The van der Waals surface area contributed by atoms with Crippen LogP contribution in [0.3, 0.4) is 0 Å². The fourth-order valence-electron chi connectivity index (χ4n) is 1.88. The Morgan fingerprint density at radius 3 is 2.80 bits per heavy atom. The van der Waals surface area contributed by atoms with Crippen LogP contribution in [0.15, 0.2) is 47.1 Å². The van der Waals surface area contributed by atoms with Crippen LogP contribution in [0, 0.1) is 0 Å². The maximum absolute atomic E-state index is 11.1. The summed E-state index contributed by atoms with van der Waals surface area (Å²) >= 11 is 3.34. The number of aromatic carboxylic acids is 1. The first-order chi connectivity index (χ1) is 9.56. The van der Waals surface area contributed by atoms with E-state index < -0.39 is 5.97 Å². The lowest BCUT2D eigenvalue weighted by molar-refractivity contribution is 0.0697. The molecule has 20 heavy (non-hydrogen) atoms. The van der Waals surface area contributed by atoms with Gasteiger partial charge in [-0.3, -0.25) is 4.98 Å². The van der Waals surface area contributed by atoms with Crippen LogP contribution in [0.2, 0.25) is 0 Å². The minimum absolute atomic E-state index is 0.277. The van der Waals surface area contributed by atoms with Crippen LogP contribution < -0.4 is 4.90 Å². The maximum Gasteiger partial charge on any atom is 0.335 e.